The lowest BCUT2D eigenvalue weighted by Gasteiger charge is -2.08. The average molecular weight is 352 g/mol. The van der Waals surface area contributed by atoms with E-state index in [0.717, 1.165) is 23.4 Å². The Morgan fingerprint density at radius 1 is 0.960 bits per heavy atom. The first-order valence-corrected chi connectivity index (χ1v) is 8.39. The number of rotatable bonds is 6. The van der Waals surface area contributed by atoms with Gasteiger partial charge in [-0.15, -0.1) is 0 Å². The van der Waals surface area contributed by atoms with Crippen molar-refractivity contribution in [3.05, 3.63) is 89.2 Å². The van der Waals surface area contributed by atoms with E-state index in [0.29, 0.717) is 17.3 Å². The molecule has 126 valence electrons. The van der Waals surface area contributed by atoms with Crippen LogP contribution in [0.3, 0.4) is 0 Å². The summed E-state index contributed by atoms with van der Waals surface area (Å²) in [7, 11) is 0. The van der Waals surface area contributed by atoms with Crippen molar-refractivity contribution < 1.29 is 4.79 Å². The van der Waals surface area contributed by atoms with E-state index >= 15 is 0 Å². The minimum absolute atomic E-state index is 0.189. The third kappa shape index (κ3) is 5.06. The Morgan fingerprint density at radius 3 is 2.48 bits per heavy atom. The van der Waals surface area contributed by atoms with Gasteiger partial charge in [-0.25, -0.2) is 0 Å². The molecule has 0 unspecified atom stereocenters. The van der Waals surface area contributed by atoms with Gasteiger partial charge in [0, 0.05) is 29.1 Å². The van der Waals surface area contributed by atoms with Crippen molar-refractivity contribution in [1.82, 2.24) is 10.3 Å². The van der Waals surface area contributed by atoms with E-state index in [1.54, 1.807) is 12.3 Å². The number of anilines is 2. The van der Waals surface area contributed by atoms with Crippen LogP contribution in [-0.2, 0) is 6.42 Å². The highest BCUT2D eigenvalue weighted by molar-refractivity contribution is 6.30. The zero-order chi connectivity index (χ0) is 17.5. The third-order valence-corrected chi connectivity index (χ3v) is 3.92. The number of hydrogen-bond donors (Lipinski definition) is 2. The van der Waals surface area contributed by atoms with Crippen LogP contribution < -0.4 is 10.6 Å². The lowest BCUT2D eigenvalue weighted by molar-refractivity contribution is 0.0949. The Bertz CT molecular complexity index is 835. The van der Waals surface area contributed by atoms with Gasteiger partial charge in [0.2, 0.25) is 0 Å². The zero-order valence-electron chi connectivity index (χ0n) is 13.6. The fourth-order valence-electron chi connectivity index (χ4n) is 2.38. The van der Waals surface area contributed by atoms with Crippen molar-refractivity contribution in [2.75, 3.05) is 11.9 Å². The lowest BCUT2D eigenvalue weighted by atomic mass is 10.1. The number of nitrogens with zero attached hydrogens (tertiary/aromatic N) is 1. The largest absolute Gasteiger partial charge is 0.355 e. The molecule has 4 nitrogen and oxygen atoms in total. The van der Waals surface area contributed by atoms with Crippen LogP contribution in [0.4, 0.5) is 11.4 Å². The second kappa shape index (κ2) is 8.31. The van der Waals surface area contributed by atoms with E-state index in [4.69, 9.17) is 11.6 Å². The van der Waals surface area contributed by atoms with Gasteiger partial charge in [0.25, 0.3) is 5.91 Å². The van der Waals surface area contributed by atoms with E-state index < -0.39 is 0 Å². The van der Waals surface area contributed by atoms with Crippen molar-refractivity contribution in [2.45, 2.75) is 6.42 Å². The van der Waals surface area contributed by atoms with E-state index in [-0.39, 0.29) is 5.91 Å². The van der Waals surface area contributed by atoms with Crippen molar-refractivity contribution in [2.24, 2.45) is 0 Å². The molecule has 1 aromatic heterocycles. The van der Waals surface area contributed by atoms with E-state index in [9.17, 15) is 4.79 Å². The summed E-state index contributed by atoms with van der Waals surface area (Å²) in [6, 6.07) is 21.0. The predicted octanol–water partition coefficient (Wildman–Crippen LogP) is 4.45. The Morgan fingerprint density at radius 2 is 1.72 bits per heavy atom. The van der Waals surface area contributed by atoms with Gasteiger partial charge in [-0.3, -0.25) is 9.78 Å². The first-order valence-electron chi connectivity index (χ1n) is 8.01. The van der Waals surface area contributed by atoms with E-state index in [1.807, 2.05) is 60.7 Å². The molecule has 1 amide bonds. The number of carbonyl (C=O) groups excluding carboxylic acids is 1. The summed E-state index contributed by atoms with van der Waals surface area (Å²) < 4.78 is 0. The standard InChI is InChI=1S/C20H18ClN3O/c21-16-8-6-15(7-9-16)10-12-23-20(25)19-14-18(11-13-22-19)24-17-4-2-1-3-5-17/h1-9,11,13-14H,10,12H2,(H,22,24)(H,23,25). The van der Waals surface area contributed by atoms with Gasteiger partial charge >= 0.3 is 0 Å². The molecule has 0 radical (unpaired) electrons. The highest BCUT2D eigenvalue weighted by atomic mass is 35.5. The Balaban J connectivity index is 1.56. The topological polar surface area (TPSA) is 54.0 Å². The van der Waals surface area contributed by atoms with Crippen LogP contribution in [0.2, 0.25) is 5.02 Å². The van der Waals surface area contributed by atoms with Gasteiger partial charge in [0.05, 0.1) is 0 Å². The fourth-order valence-corrected chi connectivity index (χ4v) is 2.51. The van der Waals surface area contributed by atoms with Crippen LogP contribution in [0.1, 0.15) is 16.1 Å². The Labute approximate surface area is 151 Å². The summed E-state index contributed by atoms with van der Waals surface area (Å²) in [4.78, 5) is 16.4. The molecule has 0 bridgehead atoms. The van der Waals surface area contributed by atoms with E-state index in [1.165, 1.54) is 0 Å². The molecule has 3 rings (SSSR count). The van der Waals surface area contributed by atoms with Gasteiger partial charge in [0.1, 0.15) is 5.69 Å². The number of amides is 1. The number of benzene rings is 2. The van der Waals surface area contributed by atoms with Gasteiger partial charge < -0.3 is 10.6 Å². The molecule has 3 aromatic rings. The van der Waals surface area contributed by atoms with Crippen molar-refractivity contribution in [3.8, 4) is 0 Å². The molecule has 0 saturated carbocycles. The summed E-state index contributed by atoms with van der Waals surface area (Å²) in [5, 5.41) is 6.85. The van der Waals surface area contributed by atoms with Crippen LogP contribution in [0.15, 0.2) is 72.9 Å². The smallest absolute Gasteiger partial charge is 0.269 e. The fraction of sp³-hybridized carbons (Fsp3) is 0.100. The Hall–Kier alpha value is -2.85. The normalized spacial score (nSPS) is 10.3. The van der Waals surface area contributed by atoms with Crippen LogP contribution >= 0.6 is 11.6 Å². The molecule has 1 heterocycles. The maximum atomic E-state index is 12.3. The number of halogens is 1. The quantitative estimate of drug-likeness (QED) is 0.689. The molecule has 0 atom stereocenters. The molecule has 2 N–H and O–H groups in total. The molecule has 5 heteroatoms. The van der Waals surface area contributed by atoms with Gasteiger partial charge in [0.15, 0.2) is 0 Å². The van der Waals surface area contributed by atoms with Gasteiger partial charge in [-0.05, 0) is 48.4 Å². The summed E-state index contributed by atoms with van der Waals surface area (Å²) in [6.45, 7) is 0.540. The first kappa shape index (κ1) is 17.0. The van der Waals surface area contributed by atoms with E-state index in [2.05, 4.69) is 15.6 Å². The minimum atomic E-state index is -0.189. The maximum Gasteiger partial charge on any atom is 0.269 e. The minimum Gasteiger partial charge on any atom is -0.355 e. The molecule has 0 aliphatic heterocycles. The molecule has 25 heavy (non-hydrogen) atoms. The highest BCUT2D eigenvalue weighted by Gasteiger charge is 2.07. The second-order valence-corrected chi connectivity index (χ2v) is 5.99. The first-order chi connectivity index (χ1) is 12.2. The van der Waals surface area contributed by atoms with Crippen LogP contribution in [0, 0.1) is 0 Å². The predicted molar refractivity (Wildman–Crippen MR) is 101 cm³/mol. The summed E-state index contributed by atoms with van der Waals surface area (Å²) in [6.07, 6.45) is 2.37. The monoisotopic (exact) mass is 351 g/mol. The summed E-state index contributed by atoms with van der Waals surface area (Å²) >= 11 is 5.87. The van der Waals surface area contributed by atoms with Crippen LogP contribution in [0.5, 0.6) is 0 Å². The van der Waals surface area contributed by atoms with Crippen LogP contribution in [0.25, 0.3) is 0 Å². The number of pyridine rings is 1. The number of aromatic nitrogens is 1. The Kier molecular flexibility index (Phi) is 5.65. The number of nitrogens with one attached hydrogen (secondary N) is 2. The van der Waals surface area contributed by atoms with Crippen LogP contribution in [-0.4, -0.2) is 17.4 Å². The van der Waals surface area contributed by atoms with Crippen molar-refractivity contribution in [3.63, 3.8) is 0 Å². The summed E-state index contributed by atoms with van der Waals surface area (Å²) in [5.41, 5.74) is 3.29. The molecule has 0 spiro atoms. The molecular weight excluding hydrogens is 334 g/mol. The van der Waals surface area contributed by atoms with Crippen molar-refractivity contribution >= 4 is 28.9 Å². The highest BCUT2D eigenvalue weighted by Crippen LogP contribution is 2.16. The summed E-state index contributed by atoms with van der Waals surface area (Å²) in [5.74, 6) is -0.189. The molecule has 2 aromatic carbocycles. The molecule has 0 aliphatic rings. The molecule has 0 aliphatic carbocycles. The van der Waals surface area contributed by atoms with Crippen molar-refractivity contribution in [1.29, 1.82) is 0 Å². The number of carbonyl (C=O) groups is 1. The SMILES string of the molecule is O=C(NCCc1ccc(Cl)cc1)c1cc(Nc2ccccc2)ccn1. The number of para-hydroxylation sites is 1. The second-order valence-electron chi connectivity index (χ2n) is 5.55. The average Bonchev–Trinajstić information content (AvgIpc) is 2.64. The lowest BCUT2D eigenvalue weighted by Crippen LogP contribution is -2.26. The molecule has 0 saturated heterocycles. The molecular formula is C20H18ClN3O. The maximum absolute atomic E-state index is 12.3. The molecule has 0 fully saturated rings. The third-order valence-electron chi connectivity index (χ3n) is 3.67. The van der Waals surface area contributed by atoms with Gasteiger partial charge in [-0.2, -0.15) is 0 Å². The van der Waals surface area contributed by atoms with Gasteiger partial charge in [-0.1, -0.05) is 41.9 Å². The number of hydrogen-bond acceptors (Lipinski definition) is 3. The zero-order valence-corrected chi connectivity index (χ0v) is 14.3.